The van der Waals surface area contributed by atoms with Crippen molar-refractivity contribution in [3.63, 3.8) is 0 Å². The van der Waals surface area contributed by atoms with Crippen LogP contribution in [0, 0.1) is 0 Å². The zero-order chi connectivity index (χ0) is 21.5. The van der Waals surface area contributed by atoms with E-state index in [1.165, 1.54) is 0 Å². The summed E-state index contributed by atoms with van der Waals surface area (Å²) in [5.41, 5.74) is 2.60. The van der Waals surface area contributed by atoms with E-state index in [4.69, 9.17) is 9.47 Å². The predicted octanol–water partition coefficient (Wildman–Crippen LogP) is 3.45. The van der Waals surface area contributed by atoms with Crippen LogP contribution in [0.25, 0.3) is 10.2 Å². The maximum absolute atomic E-state index is 12.0. The highest BCUT2D eigenvalue weighted by Crippen LogP contribution is 2.15. The van der Waals surface area contributed by atoms with Crippen LogP contribution >= 0.6 is 11.3 Å². The van der Waals surface area contributed by atoms with Gasteiger partial charge in [0.25, 0.3) is 0 Å². The summed E-state index contributed by atoms with van der Waals surface area (Å²) in [4.78, 5) is 24.1. The van der Waals surface area contributed by atoms with Crippen molar-refractivity contribution >= 4 is 39.7 Å². The second-order valence-corrected chi connectivity index (χ2v) is 7.44. The molecule has 3 rings (SSSR count). The Morgan fingerprint density at radius 1 is 1.10 bits per heavy atom. The van der Waals surface area contributed by atoms with Crippen LogP contribution in [0.5, 0.6) is 0 Å². The molecule has 0 radical (unpaired) electrons. The second kappa shape index (κ2) is 9.80. The van der Waals surface area contributed by atoms with Gasteiger partial charge in [-0.15, -0.1) is 5.10 Å². The standard InChI is InChI=1S/C22H21N3O4S/c1-15(2)20(26)28-12-13-29-21(27)17-10-8-16(9-11-17)14-23-24-22-25(3)18-6-4-5-7-19(18)30-22/h4-11,14H,1,12-13H2,2-3H3/b23-14+,24-22+. The van der Waals surface area contributed by atoms with Crippen molar-refractivity contribution in [2.75, 3.05) is 13.2 Å². The van der Waals surface area contributed by atoms with E-state index in [1.807, 2.05) is 35.9 Å². The van der Waals surface area contributed by atoms with Crippen LogP contribution in [0.15, 0.2) is 70.9 Å². The van der Waals surface area contributed by atoms with E-state index in [-0.39, 0.29) is 13.2 Å². The number of para-hydroxylation sites is 1. The lowest BCUT2D eigenvalue weighted by atomic mass is 10.1. The monoisotopic (exact) mass is 423 g/mol. The molecule has 0 bridgehead atoms. The number of hydrogen-bond donors (Lipinski definition) is 0. The first kappa shape index (κ1) is 21.2. The molecule has 0 aliphatic rings. The fourth-order valence-corrected chi connectivity index (χ4v) is 3.48. The molecular weight excluding hydrogens is 402 g/mol. The third-order valence-corrected chi connectivity index (χ3v) is 5.21. The largest absolute Gasteiger partial charge is 0.459 e. The number of nitrogens with zero attached hydrogens (tertiary/aromatic N) is 3. The Balaban J connectivity index is 1.57. The van der Waals surface area contributed by atoms with E-state index in [0.717, 1.165) is 20.6 Å². The number of aryl methyl sites for hydroxylation is 1. The Kier molecular flexibility index (Phi) is 6.92. The summed E-state index contributed by atoms with van der Waals surface area (Å²) < 4.78 is 13.1. The van der Waals surface area contributed by atoms with Gasteiger partial charge >= 0.3 is 11.9 Å². The average molecular weight is 423 g/mol. The van der Waals surface area contributed by atoms with Gasteiger partial charge in [0.05, 0.1) is 22.0 Å². The minimum atomic E-state index is -0.510. The normalized spacial score (nSPS) is 11.7. The molecule has 0 atom stereocenters. The van der Waals surface area contributed by atoms with Crippen LogP contribution in [0.3, 0.4) is 0 Å². The molecule has 0 aliphatic heterocycles. The Labute approximate surface area is 177 Å². The van der Waals surface area contributed by atoms with E-state index in [9.17, 15) is 9.59 Å². The Morgan fingerprint density at radius 2 is 1.80 bits per heavy atom. The van der Waals surface area contributed by atoms with Gasteiger partial charge in [0.1, 0.15) is 13.2 Å². The number of thiazole rings is 1. The zero-order valence-corrected chi connectivity index (χ0v) is 17.5. The number of esters is 2. The Morgan fingerprint density at radius 3 is 2.50 bits per heavy atom. The highest BCUT2D eigenvalue weighted by atomic mass is 32.1. The lowest BCUT2D eigenvalue weighted by molar-refractivity contribution is -0.140. The predicted molar refractivity (Wildman–Crippen MR) is 116 cm³/mol. The molecule has 0 aliphatic carbocycles. The molecule has 7 nitrogen and oxygen atoms in total. The van der Waals surface area contributed by atoms with Crippen molar-refractivity contribution < 1.29 is 19.1 Å². The summed E-state index contributed by atoms with van der Waals surface area (Å²) in [6.07, 6.45) is 1.62. The van der Waals surface area contributed by atoms with E-state index in [0.29, 0.717) is 11.1 Å². The Hall–Kier alpha value is -3.52. The van der Waals surface area contributed by atoms with Crippen LogP contribution in [0.4, 0.5) is 0 Å². The number of aromatic nitrogens is 1. The van der Waals surface area contributed by atoms with Crippen LogP contribution in [-0.4, -0.2) is 35.9 Å². The quantitative estimate of drug-likeness (QED) is 0.192. The van der Waals surface area contributed by atoms with Crippen LogP contribution < -0.4 is 4.80 Å². The van der Waals surface area contributed by atoms with Gasteiger partial charge in [-0.05, 0) is 36.8 Å². The second-order valence-electron chi connectivity index (χ2n) is 6.43. The topological polar surface area (TPSA) is 82.2 Å². The van der Waals surface area contributed by atoms with Gasteiger partial charge in [0.15, 0.2) is 0 Å². The molecule has 8 heteroatoms. The molecule has 0 spiro atoms. The van der Waals surface area contributed by atoms with E-state index in [1.54, 1.807) is 48.7 Å². The smallest absolute Gasteiger partial charge is 0.338 e. The lowest BCUT2D eigenvalue weighted by Crippen LogP contribution is -2.14. The summed E-state index contributed by atoms with van der Waals surface area (Å²) in [5, 5.41) is 8.44. The molecule has 154 valence electrons. The average Bonchev–Trinajstić information content (AvgIpc) is 3.07. The van der Waals surface area contributed by atoms with Gasteiger partial charge < -0.3 is 14.0 Å². The number of ether oxygens (including phenoxy) is 2. The minimum absolute atomic E-state index is 0.0150. The van der Waals surface area contributed by atoms with Gasteiger partial charge in [0.2, 0.25) is 4.80 Å². The molecule has 1 aromatic heterocycles. The van der Waals surface area contributed by atoms with Crippen molar-refractivity contribution in [2.24, 2.45) is 17.3 Å². The maximum Gasteiger partial charge on any atom is 0.338 e. The molecule has 0 saturated carbocycles. The number of benzene rings is 2. The van der Waals surface area contributed by atoms with Crippen LogP contribution in [-0.2, 0) is 21.3 Å². The molecule has 0 fully saturated rings. The van der Waals surface area contributed by atoms with E-state index < -0.39 is 11.9 Å². The van der Waals surface area contributed by atoms with E-state index in [2.05, 4.69) is 16.8 Å². The molecule has 0 unspecified atom stereocenters. The number of fused-ring (bicyclic) bond motifs is 1. The maximum atomic E-state index is 12.0. The molecular formula is C22H21N3O4S. The van der Waals surface area contributed by atoms with Gasteiger partial charge in [0, 0.05) is 12.6 Å². The summed E-state index contributed by atoms with van der Waals surface area (Å²) in [7, 11) is 1.95. The third kappa shape index (κ3) is 5.30. The van der Waals surface area contributed by atoms with E-state index >= 15 is 0 Å². The van der Waals surface area contributed by atoms with Crippen molar-refractivity contribution in [3.05, 3.63) is 76.6 Å². The highest BCUT2D eigenvalue weighted by Gasteiger charge is 2.08. The first-order valence-corrected chi connectivity index (χ1v) is 9.99. The van der Waals surface area contributed by atoms with Gasteiger partial charge in [-0.1, -0.05) is 42.2 Å². The van der Waals surface area contributed by atoms with Crippen molar-refractivity contribution in [2.45, 2.75) is 6.92 Å². The van der Waals surface area contributed by atoms with Gasteiger partial charge in [-0.3, -0.25) is 0 Å². The van der Waals surface area contributed by atoms with Gasteiger partial charge in [-0.25, -0.2) is 9.59 Å². The number of carbonyl (C=O) groups excluding carboxylic acids is 2. The number of carbonyl (C=O) groups is 2. The molecule has 3 aromatic rings. The summed E-state index contributed by atoms with van der Waals surface area (Å²) in [5.74, 6) is -1.00. The van der Waals surface area contributed by atoms with Gasteiger partial charge in [-0.2, -0.15) is 5.10 Å². The SMILES string of the molecule is C=C(C)C(=O)OCCOC(=O)c1ccc(/C=N/N=c2/sc3ccccc3n2C)cc1. The number of rotatable bonds is 7. The van der Waals surface area contributed by atoms with Crippen molar-refractivity contribution in [3.8, 4) is 0 Å². The Bertz CT molecular complexity index is 1170. The highest BCUT2D eigenvalue weighted by molar-refractivity contribution is 7.16. The van der Waals surface area contributed by atoms with Crippen molar-refractivity contribution in [1.29, 1.82) is 0 Å². The fourth-order valence-electron chi connectivity index (χ4n) is 2.50. The summed E-state index contributed by atoms with van der Waals surface area (Å²) in [6.45, 7) is 4.99. The number of hydrogen-bond acceptors (Lipinski definition) is 7. The van der Waals surface area contributed by atoms with Crippen LogP contribution in [0.1, 0.15) is 22.8 Å². The molecule has 0 N–H and O–H groups in total. The first-order chi connectivity index (χ1) is 14.5. The minimum Gasteiger partial charge on any atom is -0.459 e. The fraction of sp³-hybridized carbons (Fsp3) is 0.182. The van der Waals surface area contributed by atoms with Crippen molar-refractivity contribution in [1.82, 2.24) is 4.57 Å². The molecule has 0 saturated heterocycles. The third-order valence-electron chi connectivity index (χ3n) is 4.11. The van der Waals surface area contributed by atoms with Crippen LogP contribution in [0.2, 0.25) is 0 Å². The molecule has 2 aromatic carbocycles. The molecule has 30 heavy (non-hydrogen) atoms. The molecule has 0 amide bonds. The first-order valence-electron chi connectivity index (χ1n) is 9.17. The molecule has 1 heterocycles. The zero-order valence-electron chi connectivity index (χ0n) is 16.7. The summed E-state index contributed by atoms with van der Waals surface area (Å²) in [6, 6.07) is 14.9. The lowest BCUT2D eigenvalue weighted by Gasteiger charge is -2.06. The summed E-state index contributed by atoms with van der Waals surface area (Å²) >= 11 is 1.56.